The van der Waals surface area contributed by atoms with Gasteiger partial charge in [0.05, 0.1) is 25.9 Å². The van der Waals surface area contributed by atoms with E-state index in [2.05, 4.69) is 26.7 Å². The summed E-state index contributed by atoms with van der Waals surface area (Å²) in [7, 11) is 0. The van der Waals surface area contributed by atoms with Crippen LogP contribution in [0.5, 0.6) is 0 Å². The molecule has 3 rings (SSSR count). The topological polar surface area (TPSA) is 78.8 Å². The summed E-state index contributed by atoms with van der Waals surface area (Å²) in [5, 5.41) is 21.2. The van der Waals surface area contributed by atoms with Crippen molar-refractivity contribution >= 4 is 16.6 Å². The largest absolute Gasteiger partial charge is 0.394 e. The Kier molecular flexibility index (Phi) is 3.16. The number of aromatic amines is 1. The highest BCUT2D eigenvalue weighted by Gasteiger charge is 2.01. The molecule has 6 nitrogen and oxygen atoms in total. The van der Waals surface area contributed by atoms with Crippen molar-refractivity contribution in [2.45, 2.75) is 13.1 Å². The number of nitrogens with one attached hydrogen (secondary N) is 2. The number of H-pyrrole nitrogens is 1. The van der Waals surface area contributed by atoms with Crippen LogP contribution in [-0.4, -0.2) is 31.7 Å². The molecule has 0 bridgehead atoms. The number of aliphatic hydroxyl groups is 1. The normalized spacial score (nSPS) is 11.0. The van der Waals surface area contributed by atoms with Gasteiger partial charge in [0.1, 0.15) is 5.69 Å². The second-order valence-corrected chi connectivity index (χ2v) is 4.33. The van der Waals surface area contributed by atoms with Crippen molar-refractivity contribution in [1.29, 1.82) is 0 Å². The fourth-order valence-corrected chi connectivity index (χ4v) is 1.99. The molecule has 1 aromatic carbocycles. The Bertz CT molecular complexity index is 672. The van der Waals surface area contributed by atoms with Crippen molar-refractivity contribution in [3.8, 4) is 0 Å². The molecular weight excluding hydrogens is 242 g/mol. The smallest absolute Gasteiger partial charge is 0.102 e. The third kappa shape index (κ3) is 2.58. The van der Waals surface area contributed by atoms with Crippen LogP contribution in [0.1, 0.15) is 5.69 Å². The Labute approximate surface area is 110 Å². The molecule has 0 fully saturated rings. The van der Waals surface area contributed by atoms with Crippen molar-refractivity contribution in [1.82, 2.24) is 20.0 Å². The molecule has 2 aromatic heterocycles. The minimum atomic E-state index is 0.0698. The van der Waals surface area contributed by atoms with E-state index in [-0.39, 0.29) is 6.61 Å². The monoisotopic (exact) mass is 257 g/mol. The summed E-state index contributed by atoms with van der Waals surface area (Å²) in [6.45, 7) is 1.16. The summed E-state index contributed by atoms with van der Waals surface area (Å²) in [4.78, 5) is 3.16. The average molecular weight is 257 g/mol. The molecule has 98 valence electrons. The van der Waals surface area contributed by atoms with Gasteiger partial charge < -0.3 is 15.4 Å². The maximum atomic E-state index is 8.81. The molecule has 0 unspecified atom stereocenters. The summed E-state index contributed by atoms with van der Waals surface area (Å²) in [6, 6.07) is 8.19. The van der Waals surface area contributed by atoms with Crippen LogP contribution in [0.3, 0.4) is 0 Å². The lowest BCUT2D eigenvalue weighted by Crippen LogP contribution is -2.02. The van der Waals surface area contributed by atoms with E-state index in [9.17, 15) is 0 Å². The van der Waals surface area contributed by atoms with Crippen molar-refractivity contribution in [3.05, 3.63) is 42.4 Å². The van der Waals surface area contributed by atoms with Gasteiger partial charge in [-0.1, -0.05) is 5.21 Å². The van der Waals surface area contributed by atoms with Gasteiger partial charge in [0.25, 0.3) is 0 Å². The van der Waals surface area contributed by atoms with E-state index >= 15 is 0 Å². The standard InChI is InChI=1S/C13H15N5O/c19-6-5-18-9-12(16-17-18)8-15-11-1-2-13-10(7-11)3-4-14-13/h1-4,7,9,14-15,19H,5-6,8H2. The van der Waals surface area contributed by atoms with Gasteiger partial charge in [-0.25, -0.2) is 4.68 Å². The minimum absolute atomic E-state index is 0.0698. The summed E-state index contributed by atoms with van der Waals surface area (Å²) >= 11 is 0. The molecule has 0 radical (unpaired) electrons. The summed E-state index contributed by atoms with van der Waals surface area (Å²) in [5.74, 6) is 0. The Hall–Kier alpha value is -2.34. The molecule has 3 aromatic rings. The zero-order valence-electron chi connectivity index (χ0n) is 10.4. The number of aliphatic hydroxyl groups excluding tert-OH is 1. The van der Waals surface area contributed by atoms with Gasteiger partial charge in [-0.05, 0) is 24.3 Å². The highest BCUT2D eigenvalue weighted by molar-refractivity contribution is 5.82. The van der Waals surface area contributed by atoms with Crippen LogP contribution in [0.2, 0.25) is 0 Å². The van der Waals surface area contributed by atoms with E-state index < -0.39 is 0 Å². The first-order valence-electron chi connectivity index (χ1n) is 6.16. The van der Waals surface area contributed by atoms with Crippen LogP contribution in [0.4, 0.5) is 5.69 Å². The lowest BCUT2D eigenvalue weighted by atomic mass is 10.2. The molecule has 0 saturated heterocycles. The van der Waals surface area contributed by atoms with Crippen LogP contribution < -0.4 is 5.32 Å². The molecule has 0 spiro atoms. The molecule has 2 heterocycles. The predicted molar refractivity (Wildman–Crippen MR) is 72.7 cm³/mol. The first-order chi connectivity index (χ1) is 9.35. The van der Waals surface area contributed by atoms with Crippen molar-refractivity contribution < 1.29 is 5.11 Å². The van der Waals surface area contributed by atoms with Gasteiger partial charge in [-0.2, -0.15) is 0 Å². The van der Waals surface area contributed by atoms with E-state index in [1.165, 1.54) is 5.39 Å². The van der Waals surface area contributed by atoms with Crippen LogP contribution in [0, 0.1) is 0 Å². The number of hydrogen-bond donors (Lipinski definition) is 3. The zero-order valence-corrected chi connectivity index (χ0v) is 10.4. The molecule has 3 N–H and O–H groups in total. The van der Waals surface area contributed by atoms with Gasteiger partial charge in [-0.15, -0.1) is 5.10 Å². The minimum Gasteiger partial charge on any atom is -0.394 e. The zero-order chi connectivity index (χ0) is 13.1. The second kappa shape index (κ2) is 5.11. The lowest BCUT2D eigenvalue weighted by molar-refractivity contribution is 0.268. The van der Waals surface area contributed by atoms with Crippen molar-refractivity contribution in [2.75, 3.05) is 11.9 Å². The van der Waals surface area contributed by atoms with Gasteiger partial charge in [0, 0.05) is 22.8 Å². The molecule has 0 atom stereocenters. The summed E-state index contributed by atoms with van der Waals surface area (Å²) in [6.07, 6.45) is 3.76. The number of fused-ring (bicyclic) bond motifs is 1. The Morgan fingerprint density at radius 2 is 2.26 bits per heavy atom. The van der Waals surface area contributed by atoms with Crippen LogP contribution in [-0.2, 0) is 13.1 Å². The molecule has 0 aliphatic rings. The predicted octanol–water partition coefficient (Wildman–Crippen LogP) is 1.36. The molecule has 19 heavy (non-hydrogen) atoms. The van der Waals surface area contributed by atoms with E-state index in [4.69, 9.17) is 5.11 Å². The molecular formula is C13H15N5O. The number of nitrogens with zero attached hydrogens (tertiary/aromatic N) is 3. The second-order valence-electron chi connectivity index (χ2n) is 4.33. The SMILES string of the molecule is OCCn1cc(CNc2ccc3[nH]ccc3c2)nn1. The van der Waals surface area contributed by atoms with E-state index in [1.54, 1.807) is 4.68 Å². The number of hydrogen-bond acceptors (Lipinski definition) is 4. The number of benzene rings is 1. The average Bonchev–Trinajstić information content (AvgIpc) is 3.04. The van der Waals surface area contributed by atoms with Gasteiger partial charge in [0.2, 0.25) is 0 Å². The maximum Gasteiger partial charge on any atom is 0.102 e. The number of anilines is 1. The molecule has 0 saturated carbocycles. The number of rotatable bonds is 5. The summed E-state index contributed by atoms with van der Waals surface area (Å²) < 4.78 is 1.63. The van der Waals surface area contributed by atoms with Gasteiger partial charge in [0.15, 0.2) is 0 Å². The van der Waals surface area contributed by atoms with E-state index in [0.29, 0.717) is 13.1 Å². The number of aromatic nitrogens is 4. The van der Waals surface area contributed by atoms with E-state index in [1.807, 2.05) is 30.6 Å². The Morgan fingerprint density at radius 3 is 3.16 bits per heavy atom. The van der Waals surface area contributed by atoms with Gasteiger partial charge >= 0.3 is 0 Å². The van der Waals surface area contributed by atoms with Crippen LogP contribution in [0.25, 0.3) is 10.9 Å². The first-order valence-corrected chi connectivity index (χ1v) is 6.16. The van der Waals surface area contributed by atoms with Gasteiger partial charge in [-0.3, -0.25) is 0 Å². The Balaban J connectivity index is 1.67. The highest BCUT2D eigenvalue weighted by atomic mass is 16.3. The van der Waals surface area contributed by atoms with Crippen LogP contribution >= 0.6 is 0 Å². The Morgan fingerprint density at radius 1 is 1.32 bits per heavy atom. The maximum absolute atomic E-state index is 8.81. The molecule has 0 aliphatic heterocycles. The fourth-order valence-electron chi connectivity index (χ4n) is 1.99. The third-order valence-electron chi connectivity index (χ3n) is 2.94. The first kappa shape index (κ1) is 11.7. The van der Waals surface area contributed by atoms with E-state index in [0.717, 1.165) is 16.9 Å². The third-order valence-corrected chi connectivity index (χ3v) is 2.94. The lowest BCUT2D eigenvalue weighted by Gasteiger charge is -2.03. The fraction of sp³-hybridized carbons (Fsp3) is 0.231. The highest BCUT2D eigenvalue weighted by Crippen LogP contribution is 2.18. The van der Waals surface area contributed by atoms with Crippen molar-refractivity contribution in [3.63, 3.8) is 0 Å². The summed E-state index contributed by atoms with van der Waals surface area (Å²) in [5.41, 5.74) is 3.02. The molecule has 0 amide bonds. The quantitative estimate of drug-likeness (QED) is 0.645. The molecule has 0 aliphatic carbocycles. The van der Waals surface area contributed by atoms with Crippen LogP contribution in [0.15, 0.2) is 36.7 Å². The van der Waals surface area contributed by atoms with Crippen molar-refractivity contribution in [2.24, 2.45) is 0 Å². The molecule has 6 heteroatoms.